The molecule has 3 saturated carbocycles. The molecule has 0 radical (unpaired) electrons. The molecule has 7 rings (SSSR count). The number of hydrogen-bond acceptors (Lipinski definition) is 7. The molecule has 4 aliphatic carbocycles. The van der Waals surface area contributed by atoms with Gasteiger partial charge in [-0.15, -0.1) is 0 Å². The average molecular weight is 809 g/mol. The fraction of sp³-hybridized carbons (Fsp3) is 0.773. The molecular weight excluding hydrogens is 742 g/mol. The number of carbonyl (C=O) groups is 1. The van der Waals surface area contributed by atoms with Crippen molar-refractivity contribution >= 4 is 21.9 Å². The summed E-state index contributed by atoms with van der Waals surface area (Å²) >= 11 is 3.58. The van der Waals surface area contributed by atoms with Crippen LogP contribution in [-0.4, -0.2) is 62.3 Å². The largest absolute Gasteiger partial charge is 0.481 e. The number of allylic oxidation sites excluding steroid dienone is 1. The zero-order valence-electron chi connectivity index (χ0n) is 34.7. The van der Waals surface area contributed by atoms with E-state index in [1.165, 1.54) is 5.57 Å². The summed E-state index contributed by atoms with van der Waals surface area (Å²) in [6, 6.07) is 3.86. The van der Waals surface area contributed by atoms with Crippen molar-refractivity contribution in [2.24, 2.45) is 67.8 Å². The molecule has 2 aromatic rings. The SMILES string of the molecule is CC(C)[C@@H](C)[C@@]1(C)CC[C@]2(C)[C@H]3CC[C@@H]4[C@@]5(C)COC[C@@]4(C3=CC[C@@]2(C)[C@@H]1C(=O)O)[C@@H](OC[C@](C)(N)C(C)(C)C)[C@H](n1ncnc1-c1ccnc(Br)c1)C5. The summed E-state index contributed by atoms with van der Waals surface area (Å²) in [6.07, 6.45) is 11.3. The maximum atomic E-state index is 13.7. The number of halogens is 1. The number of nitrogens with two attached hydrogens (primary N) is 1. The van der Waals surface area contributed by atoms with Gasteiger partial charge in [0.15, 0.2) is 5.82 Å². The smallest absolute Gasteiger partial charge is 0.307 e. The van der Waals surface area contributed by atoms with E-state index >= 15 is 0 Å². The maximum absolute atomic E-state index is 13.7. The van der Waals surface area contributed by atoms with Crippen LogP contribution >= 0.6 is 15.9 Å². The molecule has 3 heterocycles. The van der Waals surface area contributed by atoms with Crippen LogP contribution in [0.2, 0.25) is 0 Å². The molecule has 54 heavy (non-hydrogen) atoms. The van der Waals surface area contributed by atoms with Crippen molar-refractivity contribution in [3.63, 3.8) is 0 Å². The van der Waals surface area contributed by atoms with E-state index in [1.54, 1.807) is 12.5 Å². The van der Waals surface area contributed by atoms with Crippen LogP contribution in [0.25, 0.3) is 11.4 Å². The second-order valence-electron chi connectivity index (χ2n) is 20.9. The Balaban J connectivity index is 1.41. The Kier molecular flexibility index (Phi) is 9.80. The van der Waals surface area contributed by atoms with Gasteiger partial charge in [-0.3, -0.25) is 4.79 Å². The van der Waals surface area contributed by atoms with E-state index in [1.807, 2.05) is 12.1 Å². The first-order valence-corrected chi connectivity index (χ1v) is 21.3. The number of nitrogens with zero attached hydrogens (tertiary/aromatic N) is 4. The quantitative estimate of drug-likeness (QED) is 0.200. The first-order chi connectivity index (χ1) is 25.1. The summed E-state index contributed by atoms with van der Waals surface area (Å²) in [5.41, 5.74) is 7.22. The van der Waals surface area contributed by atoms with Crippen molar-refractivity contribution in [2.45, 2.75) is 132 Å². The molecule has 4 fully saturated rings. The monoisotopic (exact) mass is 807 g/mol. The highest BCUT2D eigenvalue weighted by Gasteiger charge is 2.73. The Morgan fingerprint density at radius 1 is 1.09 bits per heavy atom. The van der Waals surface area contributed by atoms with E-state index in [0.717, 1.165) is 54.5 Å². The summed E-state index contributed by atoms with van der Waals surface area (Å²) in [7, 11) is 0. The van der Waals surface area contributed by atoms with Crippen LogP contribution in [0.15, 0.2) is 40.9 Å². The minimum Gasteiger partial charge on any atom is -0.481 e. The molecule has 298 valence electrons. The van der Waals surface area contributed by atoms with Gasteiger partial charge in [0.05, 0.1) is 37.9 Å². The highest BCUT2D eigenvalue weighted by molar-refractivity contribution is 9.10. The summed E-state index contributed by atoms with van der Waals surface area (Å²) in [5.74, 6) is 0.939. The normalized spacial score (nSPS) is 40.9. The van der Waals surface area contributed by atoms with Crippen LogP contribution in [-0.2, 0) is 14.3 Å². The van der Waals surface area contributed by atoms with E-state index in [0.29, 0.717) is 31.7 Å². The van der Waals surface area contributed by atoms with Gasteiger partial charge in [-0.1, -0.05) is 80.9 Å². The van der Waals surface area contributed by atoms with Gasteiger partial charge in [0.25, 0.3) is 0 Å². The molecule has 2 aromatic heterocycles. The zero-order chi connectivity index (χ0) is 39.4. The van der Waals surface area contributed by atoms with Gasteiger partial charge < -0.3 is 20.3 Å². The van der Waals surface area contributed by atoms with Gasteiger partial charge in [-0.2, -0.15) is 5.10 Å². The predicted octanol–water partition coefficient (Wildman–Crippen LogP) is 9.38. The van der Waals surface area contributed by atoms with Crippen molar-refractivity contribution in [3.8, 4) is 11.4 Å². The molecule has 3 N–H and O–H groups in total. The van der Waals surface area contributed by atoms with Gasteiger partial charge in [0.1, 0.15) is 10.9 Å². The molecule has 9 nitrogen and oxygen atoms in total. The number of pyridine rings is 1. The van der Waals surface area contributed by atoms with Gasteiger partial charge in [-0.05, 0) is 124 Å². The fourth-order valence-electron chi connectivity index (χ4n) is 12.8. The Morgan fingerprint density at radius 2 is 1.81 bits per heavy atom. The summed E-state index contributed by atoms with van der Waals surface area (Å²) < 4.78 is 17.1. The van der Waals surface area contributed by atoms with Gasteiger partial charge in [-0.25, -0.2) is 14.6 Å². The molecule has 1 saturated heterocycles. The third-order valence-corrected chi connectivity index (χ3v) is 17.6. The third-order valence-electron chi connectivity index (χ3n) is 17.2. The Hall–Kier alpha value is -2.14. The molecule has 1 aliphatic heterocycles. The van der Waals surface area contributed by atoms with Crippen LogP contribution in [0, 0.1) is 62.1 Å². The molecule has 0 amide bonds. The highest BCUT2D eigenvalue weighted by atomic mass is 79.9. The number of fused-ring (bicyclic) bond motifs is 3. The molecule has 0 unspecified atom stereocenters. The molecule has 2 bridgehead atoms. The van der Waals surface area contributed by atoms with Crippen molar-refractivity contribution in [1.82, 2.24) is 19.7 Å². The minimum absolute atomic E-state index is 0.129. The van der Waals surface area contributed by atoms with Gasteiger partial charge in [0.2, 0.25) is 0 Å². The Bertz CT molecular complexity index is 1800. The van der Waals surface area contributed by atoms with E-state index in [2.05, 4.69) is 108 Å². The van der Waals surface area contributed by atoms with Crippen LogP contribution in [0.3, 0.4) is 0 Å². The lowest BCUT2D eigenvalue weighted by Gasteiger charge is -2.71. The van der Waals surface area contributed by atoms with Crippen molar-refractivity contribution in [3.05, 3.63) is 40.9 Å². The summed E-state index contributed by atoms with van der Waals surface area (Å²) in [4.78, 5) is 22.9. The summed E-state index contributed by atoms with van der Waals surface area (Å²) in [5, 5.41) is 16.2. The molecule has 0 aromatic carbocycles. The molecular formula is C44H66BrN5O4. The van der Waals surface area contributed by atoms with E-state index < -0.39 is 28.3 Å². The van der Waals surface area contributed by atoms with Crippen molar-refractivity contribution in [1.29, 1.82) is 0 Å². The van der Waals surface area contributed by atoms with Gasteiger partial charge >= 0.3 is 5.97 Å². The Labute approximate surface area is 332 Å². The third kappa shape index (κ3) is 5.67. The first-order valence-electron chi connectivity index (χ1n) is 20.5. The zero-order valence-corrected chi connectivity index (χ0v) is 36.3. The standard InChI is InChI=1S/C44H66BrN5O4/c1-26(2)27(3)40(8)17-18-41(9)29-12-13-32-39(7)21-31(50-36(48-25-49-50)28-15-19-47-33(45)20-28)35(54-23-43(11,46)38(4,5)6)44(32,24-53-22-39)30(29)14-16-42(41,10)34(40)37(51)52/h14-15,19-20,25-27,29,31-32,34-35H,12-13,16-18,21-24,46H2,1-11H3,(H,51,52)/t27-,29+,31-,32-,34-,35+,39-,40-,41-,42+,43+,44+/m1/s1. The number of carboxylic acid groups (broad SMARTS) is 1. The van der Waals surface area contributed by atoms with E-state index in [4.69, 9.17) is 25.3 Å². The van der Waals surface area contributed by atoms with E-state index in [-0.39, 0.29) is 45.6 Å². The van der Waals surface area contributed by atoms with Crippen LogP contribution in [0.4, 0.5) is 0 Å². The lowest BCUT2D eigenvalue weighted by molar-refractivity contribution is -0.255. The minimum atomic E-state index is -0.638. The molecule has 0 spiro atoms. The molecule has 10 heteroatoms. The second-order valence-corrected chi connectivity index (χ2v) is 21.8. The Morgan fingerprint density at radius 3 is 2.46 bits per heavy atom. The van der Waals surface area contributed by atoms with Gasteiger partial charge in [0, 0.05) is 22.7 Å². The average Bonchev–Trinajstić information content (AvgIpc) is 3.57. The lowest BCUT2D eigenvalue weighted by Crippen LogP contribution is -2.70. The first kappa shape index (κ1) is 40.1. The highest BCUT2D eigenvalue weighted by Crippen LogP contribution is 2.75. The number of hydrogen-bond donors (Lipinski definition) is 2. The lowest BCUT2D eigenvalue weighted by atomic mass is 9.34. The number of rotatable bonds is 8. The molecule has 12 atom stereocenters. The van der Waals surface area contributed by atoms with Crippen molar-refractivity contribution < 1.29 is 19.4 Å². The number of aromatic nitrogens is 4. The number of ether oxygens (including phenoxy) is 2. The number of aliphatic carboxylic acids is 1. The van der Waals surface area contributed by atoms with Crippen LogP contribution in [0.1, 0.15) is 121 Å². The predicted molar refractivity (Wildman–Crippen MR) is 215 cm³/mol. The fourth-order valence-corrected chi connectivity index (χ4v) is 13.2. The number of carboxylic acids is 1. The van der Waals surface area contributed by atoms with Crippen LogP contribution in [0.5, 0.6) is 0 Å². The molecule has 5 aliphatic rings. The second kappa shape index (κ2) is 13.2. The maximum Gasteiger partial charge on any atom is 0.307 e. The topological polar surface area (TPSA) is 125 Å². The van der Waals surface area contributed by atoms with E-state index in [9.17, 15) is 9.90 Å². The van der Waals surface area contributed by atoms with Crippen molar-refractivity contribution in [2.75, 3.05) is 19.8 Å². The summed E-state index contributed by atoms with van der Waals surface area (Å²) in [6.45, 7) is 26.6. The van der Waals surface area contributed by atoms with Crippen LogP contribution < -0.4 is 5.73 Å².